The van der Waals surface area contributed by atoms with Gasteiger partial charge in [0.25, 0.3) is 0 Å². The molecule has 1 heterocycles. The minimum absolute atomic E-state index is 0.101. The number of hydrogen-bond donors (Lipinski definition) is 1. The van der Waals surface area contributed by atoms with Gasteiger partial charge in [-0.15, -0.1) is 0 Å². The SMILES string of the molecule is Cc1cnccc1OCC1(N)CCCC1. The first-order chi connectivity index (χ1) is 7.20. The van der Waals surface area contributed by atoms with Crippen LogP contribution in [0.3, 0.4) is 0 Å². The Morgan fingerprint density at radius 1 is 1.47 bits per heavy atom. The molecular formula is C12H18N2O. The number of hydrogen-bond acceptors (Lipinski definition) is 3. The lowest BCUT2D eigenvalue weighted by atomic mass is 10.0. The highest BCUT2D eigenvalue weighted by atomic mass is 16.5. The summed E-state index contributed by atoms with van der Waals surface area (Å²) >= 11 is 0. The molecule has 1 aromatic rings. The van der Waals surface area contributed by atoms with Crippen molar-refractivity contribution in [2.45, 2.75) is 38.1 Å². The zero-order valence-electron chi connectivity index (χ0n) is 9.20. The summed E-state index contributed by atoms with van der Waals surface area (Å²) in [5, 5.41) is 0. The normalized spacial score (nSPS) is 19.1. The zero-order chi connectivity index (χ0) is 10.7. The highest BCUT2D eigenvalue weighted by Crippen LogP contribution is 2.28. The third kappa shape index (κ3) is 2.48. The fraction of sp³-hybridized carbons (Fsp3) is 0.583. The largest absolute Gasteiger partial charge is 0.491 e. The summed E-state index contributed by atoms with van der Waals surface area (Å²) in [5.74, 6) is 0.904. The van der Waals surface area contributed by atoms with Crippen molar-refractivity contribution >= 4 is 0 Å². The Kier molecular flexibility index (Phi) is 2.91. The number of rotatable bonds is 3. The molecule has 15 heavy (non-hydrogen) atoms. The van der Waals surface area contributed by atoms with E-state index < -0.39 is 0 Å². The van der Waals surface area contributed by atoms with Crippen LogP contribution in [0, 0.1) is 6.92 Å². The first-order valence-electron chi connectivity index (χ1n) is 5.52. The number of ether oxygens (including phenoxy) is 1. The van der Waals surface area contributed by atoms with Crippen LogP contribution in [0.1, 0.15) is 31.2 Å². The summed E-state index contributed by atoms with van der Waals surface area (Å²) in [6.07, 6.45) is 8.19. The molecule has 1 saturated carbocycles. The second kappa shape index (κ2) is 4.19. The standard InChI is InChI=1S/C12H18N2O/c1-10-8-14-7-4-11(10)15-9-12(13)5-2-3-6-12/h4,7-8H,2-3,5-6,9,13H2,1H3. The van der Waals surface area contributed by atoms with E-state index in [1.807, 2.05) is 19.2 Å². The Hall–Kier alpha value is -1.09. The Balaban J connectivity index is 1.95. The molecule has 2 rings (SSSR count). The molecule has 0 amide bonds. The molecule has 1 fully saturated rings. The molecule has 2 N–H and O–H groups in total. The van der Waals surface area contributed by atoms with Gasteiger partial charge < -0.3 is 10.5 Å². The van der Waals surface area contributed by atoms with E-state index >= 15 is 0 Å². The van der Waals surface area contributed by atoms with Crippen LogP contribution in [0.4, 0.5) is 0 Å². The Bertz CT molecular complexity index is 332. The van der Waals surface area contributed by atoms with E-state index in [-0.39, 0.29) is 5.54 Å². The summed E-state index contributed by atoms with van der Waals surface area (Å²) in [4.78, 5) is 4.03. The summed E-state index contributed by atoms with van der Waals surface area (Å²) < 4.78 is 5.76. The zero-order valence-corrected chi connectivity index (χ0v) is 9.20. The van der Waals surface area contributed by atoms with Crippen LogP contribution in [0.2, 0.25) is 0 Å². The van der Waals surface area contributed by atoms with Crippen molar-refractivity contribution in [2.75, 3.05) is 6.61 Å². The third-order valence-corrected chi connectivity index (χ3v) is 3.08. The van der Waals surface area contributed by atoms with Gasteiger partial charge in [-0.25, -0.2) is 0 Å². The fourth-order valence-electron chi connectivity index (χ4n) is 2.07. The highest BCUT2D eigenvalue weighted by Gasteiger charge is 2.30. The summed E-state index contributed by atoms with van der Waals surface area (Å²) in [7, 11) is 0. The average molecular weight is 206 g/mol. The average Bonchev–Trinajstić information content (AvgIpc) is 2.65. The molecule has 1 aromatic heterocycles. The minimum Gasteiger partial charge on any atom is -0.491 e. The lowest BCUT2D eigenvalue weighted by molar-refractivity contribution is 0.219. The second-order valence-electron chi connectivity index (χ2n) is 4.50. The van der Waals surface area contributed by atoms with Crippen LogP contribution in [0.5, 0.6) is 5.75 Å². The Labute approximate surface area is 90.7 Å². The molecule has 0 spiro atoms. The molecule has 82 valence electrons. The molecule has 0 atom stereocenters. The minimum atomic E-state index is -0.101. The summed E-state index contributed by atoms with van der Waals surface area (Å²) in [6, 6.07) is 1.90. The second-order valence-corrected chi connectivity index (χ2v) is 4.50. The van der Waals surface area contributed by atoms with Gasteiger partial charge in [-0.05, 0) is 25.8 Å². The van der Waals surface area contributed by atoms with Gasteiger partial charge in [0.05, 0.1) is 5.54 Å². The molecule has 0 radical (unpaired) electrons. The van der Waals surface area contributed by atoms with E-state index in [0.717, 1.165) is 24.2 Å². The maximum absolute atomic E-state index is 6.22. The van der Waals surface area contributed by atoms with Gasteiger partial charge in [0.15, 0.2) is 0 Å². The number of pyridine rings is 1. The van der Waals surface area contributed by atoms with Gasteiger partial charge in [0.2, 0.25) is 0 Å². The van der Waals surface area contributed by atoms with Crippen LogP contribution in [0.25, 0.3) is 0 Å². The predicted molar refractivity (Wildman–Crippen MR) is 59.9 cm³/mol. The molecule has 0 bridgehead atoms. The first kappa shape index (κ1) is 10.4. The Morgan fingerprint density at radius 3 is 2.87 bits per heavy atom. The lowest BCUT2D eigenvalue weighted by Gasteiger charge is -2.23. The number of nitrogens with zero attached hydrogens (tertiary/aromatic N) is 1. The molecule has 3 heteroatoms. The van der Waals surface area contributed by atoms with Crippen LogP contribution < -0.4 is 10.5 Å². The maximum atomic E-state index is 6.22. The van der Waals surface area contributed by atoms with Crippen LogP contribution >= 0.6 is 0 Å². The van der Waals surface area contributed by atoms with Crippen molar-refractivity contribution in [3.63, 3.8) is 0 Å². The Morgan fingerprint density at radius 2 is 2.20 bits per heavy atom. The van der Waals surface area contributed by atoms with E-state index in [0.29, 0.717) is 6.61 Å². The van der Waals surface area contributed by atoms with Crippen molar-refractivity contribution in [2.24, 2.45) is 5.73 Å². The van der Waals surface area contributed by atoms with E-state index in [1.54, 1.807) is 6.20 Å². The van der Waals surface area contributed by atoms with Gasteiger partial charge in [0.1, 0.15) is 12.4 Å². The number of aromatic nitrogens is 1. The van der Waals surface area contributed by atoms with Crippen molar-refractivity contribution in [1.29, 1.82) is 0 Å². The molecule has 0 saturated heterocycles. The monoisotopic (exact) mass is 206 g/mol. The van der Waals surface area contributed by atoms with Crippen molar-refractivity contribution < 1.29 is 4.74 Å². The topological polar surface area (TPSA) is 48.1 Å². The third-order valence-electron chi connectivity index (χ3n) is 3.08. The van der Waals surface area contributed by atoms with E-state index in [1.165, 1.54) is 12.8 Å². The first-order valence-corrected chi connectivity index (χ1v) is 5.52. The van der Waals surface area contributed by atoms with Gasteiger partial charge in [0, 0.05) is 18.0 Å². The predicted octanol–water partition coefficient (Wildman–Crippen LogP) is 2.04. The van der Waals surface area contributed by atoms with Gasteiger partial charge >= 0.3 is 0 Å². The summed E-state index contributed by atoms with van der Waals surface area (Å²) in [6.45, 7) is 2.62. The molecule has 0 aromatic carbocycles. The summed E-state index contributed by atoms with van der Waals surface area (Å²) in [5.41, 5.74) is 7.18. The van der Waals surface area contributed by atoms with Crippen molar-refractivity contribution in [3.05, 3.63) is 24.0 Å². The maximum Gasteiger partial charge on any atom is 0.125 e. The fourth-order valence-corrected chi connectivity index (χ4v) is 2.07. The molecule has 1 aliphatic rings. The van der Waals surface area contributed by atoms with Crippen LogP contribution in [-0.4, -0.2) is 17.1 Å². The van der Waals surface area contributed by atoms with Gasteiger partial charge in [-0.3, -0.25) is 4.98 Å². The molecule has 0 unspecified atom stereocenters. The van der Waals surface area contributed by atoms with E-state index in [2.05, 4.69) is 4.98 Å². The van der Waals surface area contributed by atoms with E-state index in [9.17, 15) is 0 Å². The molecule has 1 aliphatic carbocycles. The quantitative estimate of drug-likeness (QED) is 0.823. The number of nitrogens with two attached hydrogens (primary N) is 1. The van der Waals surface area contributed by atoms with Crippen molar-refractivity contribution in [1.82, 2.24) is 4.98 Å². The smallest absolute Gasteiger partial charge is 0.125 e. The van der Waals surface area contributed by atoms with Gasteiger partial charge in [-0.1, -0.05) is 12.8 Å². The van der Waals surface area contributed by atoms with Gasteiger partial charge in [-0.2, -0.15) is 0 Å². The van der Waals surface area contributed by atoms with Crippen molar-refractivity contribution in [3.8, 4) is 5.75 Å². The molecule has 0 aliphatic heterocycles. The van der Waals surface area contributed by atoms with Crippen LogP contribution in [0.15, 0.2) is 18.5 Å². The molecule has 3 nitrogen and oxygen atoms in total. The molecular weight excluding hydrogens is 188 g/mol. The highest BCUT2D eigenvalue weighted by molar-refractivity contribution is 5.28. The van der Waals surface area contributed by atoms with Crippen LogP contribution in [-0.2, 0) is 0 Å². The van der Waals surface area contributed by atoms with E-state index in [4.69, 9.17) is 10.5 Å². The lowest BCUT2D eigenvalue weighted by Crippen LogP contribution is -2.42. The number of aryl methyl sites for hydroxylation is 1.